The van der Waals surface area contributed by atoms with Crippen molar-refractivity contribution < 1.29 is 27.5 Å². The summed E-state index contributed by atoms with van der Waals surface area (Å²) in [6.07, 6.45) is 4.43. The van der Waals surface area contributed by atoms with E-state index in [0.29, 0.717) is 56.4 Å². The second-order valence-corrected chi connectivity index (χ2v) is 20.3. The Morgan fingerprint density at radius 2 is 1.54 bits per heavy atom. The molecule has 0 aliphatic carbocycles. The van der Waals surface area contributed by atoms with Crippen LogP contribution in [0.4, 0.5) is 4.79 Å². The predicted octanol–water partition coefficient (Wildman–Crippen LogP) is 8.35. The quantitative estimate of drug-likeness (QED) is 0.0682. The number of hydrogen-bond acceptors (Lipinski definition) is 8. The molecule has 0 unspecified atom stereocenters. The lowest BCUT2D eigenvalue weighted by Gasteiger charge is -2.46. The molecule has 334 valence electrons. The van der Waals surface area contributed by atoms with Crippen LogP contribution in [0.5, 0.6) is 5.75 Å². The molecule has 2 aliphatic rings. The van der Waals surface area contributed by atoms with Crippen molar-refractivity contribution in [3.05, 3.63) is 130 Å². The van der Waals surface area contributed by atoms with Crippen molar-refractivity contribution in [2.24, 2.45) is 10.7 Å². The van der Waals surface area contributed by atoms with Gasteiger partial charge in [-0.1, -0.05) is 78.9 Å². The van der Waals surface area contributed by atoms with E-state index in [4.69, 9.17) is 15.2 Å². The Labute approximate surface area is 372 Å². The van der Waals surface area contributed by atoms with Crippen LogP contribution >= 0.6 is 0 Å². The van der Waals surface area contributed by atoms with E-state index < -0.39 is 33.4 Å². The second-order valence-electron chi connectivity index (χ2n) is 18.7. The number of aliphatic imine (C=N–C) groups is 1. The lowest BCUT2D eigenvalue weighted by atomic mass is 9.94. The van der Waals surface area contributed by atoms with Gasteiger partial charge in [0.05, 0.1) is 16.5 Å². The number of ether oxygens (including phenoxy) is 2. The number of guanidine groups is 1. The Balaban J connectivity index is 1.13. The number of carbonyl (C=O) groups excluding carboxylic acids is 2. The molecule has 3 heterocycles. The SMILES string of the molecule is Cc1c(C)c(S(=O)(=O)NC(N)=NCCC[C@H]2C(=O)N(Cc3ccccc3)C[C@H](CCc3cn(C(=O)OC(C)(C)C)c4ccccc34)N2Cc2ccccc2)c(C)c2c1OC(C)(C)C2. The third kappa shape index (κ3) is 10.3. The van der Waals surface area contributed by atoms with Gasteiger partial charge in [-0.25, -0.2) is 17.9 Å². The van der Waals surface area contributed by atoms with Gasteiger partial charge in [0.25, 0.3) is 10.0 Å². The number of amides is 1. The van der Waals surface area contributed by atoms with Crippen LogP contribution in [0.15, 0.2) is 101 Å². The van der Waals surface area contributed by atoms with Crippen molar-refractivity contribution >= 4 is 38.9 Å². The average Bonchev–Trinajstić information content (AvgIpc) is 3.77. The van der Waals surface area contributed by atoms with Gasteiger partial charge in [-0.05, 0) is 121 Å². The van der Waals surface area contributed by atoms with Crippen molar-refractivity contribution in [3.8, 4) is 5.75 Å². The number of nitrogens with zero attached hydrogens (tertiary/aromatic N) is 4. The molecule has 0 saturated carbocycles. The Morgan fingerprint density at radius 3 is 2.21 bits per heavy atom. The fourth-order valence-electron chi connectivity index (χ4n) is 9.17. The van der Waals surface area contributed by atoms with Crippen LogP contribution in [0.25, 0.3) is 10.9 Å². The molecule has 1 fully saturated rings. The average molecular weight is 875 g/mol. The summed E-state index contributed by atoms with van der Waals surface area (Å²) in [4.78, 5) is 37.0. The maximum Gasteiger partial charge on any atom is 0.419 e. The summed E-state index contributed by atoms with van der Waals surface area (Å²) in [5.74, 6) is 0.591. The number of hydrogen-bond donors (Lipinski definition) is 2. The highest BCUT2D eigenvalue weighted by Gasteiger charge is 2.41. The summed E-state index contributed by atoms with van der Waals surface area (Å²) in [7, 11) is -4.07. The van der Waals surface area contributed by atoms with Crippen molar-refractivity contribution in [2.45, 2.75) is 129 Å². The van der Waals surface area contributed by atoms with Gasteiger partial charge in [0.2, 0.25) is 11.9 Å². The number of sulfonamides is 1. The van der Waals surface area contributed by atoms with Crippen LogP contribution in [0.2, 0.25) is 0 Å². The first-order valence-electron chi connectivity index (χ1n) is 21.9. The van der Waals surface area contributed by atoms with Gasteiger partial charge in [-0.2, -0.15) is 0 Å². The largest absolute Gasteiger partial charge is 0.487 e. The molecular formula is C50H62N6O6S. The standard InChI is InChI=1S/C50H62N6O6S/c1-33-34(2)45(35(3)41-28-50(7,8)61-44(33)41)63(59,60)53-47(51)52-27-17-24-43-46(57)54(29-36-18-11-9-12-19-36)32-39(55(43)30-37-20-13-10-14-21-37)26-25-38-31-56(48(58)62-49(4,5)6)42-23-16-15-22-40(38)42/h9-16,18-23,31,39,43H,17,24-30,32H2,1-8H3,(H3,51,52,53)/t39-,43-/m0/s1. The highest BCUT2D eigenvalue weighted by molar-refractivity contribution is 7.90. The number of para-hydroxylation sites is 1. The Morgan fingerprint density at radius 1 is 0.905 bits per heavy atom. The minimum absolute atomic E-state index is 0.0288. The van der Waals surface area contributed by atoms with Gasteiger partial charge in [0, 0.05) is 55.8 Å². The van der Waals surface area contributed by atoms with Crippen LogP contribution in [-0.4, -0.2) is 77.1 Å². The van der Waals surface area contributed by atoms with Crippen molar-refractivity contribution in [3.63, 3.8) is 0 Å². The molecule has 0 bridgehead atoms. The van der Waals surface area contributed by atoms with Gasteiger partial charge in [-0.3, -0.25) is 19.3 Å². The number of nitrogens with one attached hydrogen (secondary N) is 1. The van der Waals surface area contributed by atoms with Gasteiger partial charge >= 0.3 is 6.09 Å². The molecule has 13 heteroatoms. The number of piperazine rings is 1. The van der Waals surface area contributed by atoms with E-state index in [1.165, 1.54) is 0 Å². The fourth-order valence-corrected chi connectivity index (χ4v) is 10.7. The molecular weight excluding hydrogens is 813 g/mol. The predicted molar refractivity (Wildman–Crippen MR) is 248 cm³/mol. The number of carbonyl (C=O) groups is 2. The maximum absolute atomic E-state index is 14.7. The first-order valence-corrected chi connectivity index (χ1v) is 23.4. The molecule has 5 aromatic rings. The zero-order valence-corrected chi connectivity index (χ0v) is 38.7. The van der Waals surface area contributed by atoms with E-state index in [2.05, 4.69) is 26.7 Å². The number of fused-ring (bicyclic) bond motifs is 2. The zero-order valence-electron chi connectivity index (χ0n) is 37.9. The highest BCUT2D eigenvalue weighted by atomic mass is 32.2. The van der Waals surface area contributed by atoms with Gasteiger partial charge in [0.1, 0.15) is 17.0 Å². The topological polar surface area (TPSA) is 149 Å². The van der Waals surface area contributed by atoms with Crippen molar-refractivity contribution in [2.75, 3.05) is 13.1 Å². The van der Waals surface area contributed by atoms with E-state index in [9.17, 15) is 18.0 Å². The third-order valence-electron chi connectivity index (χ3n) is 12.2. The first-order chi connectivity index (χ1) is 29.8. The molecule has 2 aliphatic heterocycles. The van der Waals surface area contributed by atoms with Gasteiger partial charge in [-0.15, -0.1) is 0 Å². The molecule has 1 amide bonds. The molecule has 1 aromatic heterocycles. The van der Waals surface area contributed by atoms with Crippen LogP contribution in [0, 0.1) is 20.8 Å². The number of rotatable bonds is 13. The molecule has 4 aromatic carbocycles. The van der Waals surface area contributed by atoms with Crippen LogP contribution in [-0.2, 0) is 45.5 Å². The molecule has 3 N–H and O–H groups in total. The summed E-state index contributed by atoms with van der Waals surface area (Å²) in [6, 6.07) is 27.6. The number of aryl methyl sites for hydroxylation is 1. The van der Waals surface area contributed by atoms with Crippen molar-refractivity contribution in [1.29, 1.82) is 0 Å². The normalized spacial score (nSPS) is 18.1. The summed E-state index contributed by atoms with van der Waals surface area (Å²) in [5.41, 5.74) is 12.1. The third-order valence-corrected chi connectivity index (χ3v) is 13.8. The van der Waals surface area contributed by atoms with E-state index in [1.807, 2.05) is 132 Å². The molecule has 2 atom stereocenters. The van der Waals surface area contributed by atoms with E-state index >= 15 is 0 Å². The van der Waals surface area contributed by atoms with Gasteiger partial charge < -0.3 is 20.1 Å². The second kappa shape index (κ2) is 18.2. The van der Waals surface area contributed by atoms with E-state index in [-0.39, 0.29) is 29.3 Å². The smallest absolute Gasteiger partial charge is 0.419 e. The molecule has 7 rings (SSSR count). The van der Waals surface area contributed by atoms with E-state index in [1.54, 1.807) is 11.5 Å². The lowest BCUT2D eigenvalue weighted by Crippen LogP contribution is -2.61. The van der Waals surface area contributed by atoms with Crippen LogP contribution in [0.3, 0.4) is 0 Å². The number of aromatic nitrogens is 1. The highest BCUT2D eigenvalue weighted by Crippen LogP contribution is 2.43. The summed E-state index contributed by atoms with van der Waals surface area (Å²) in [5, 5.41) is 0.989. The molecule has 0 radical (unpaired) electrons. The maximum atomic E-state index is 14.7. The Hall–Kier alpha value is -5.66. The molecule has 0 spiro atoms. The first kappa shape index (κ1) is 45.4. The monoisotopic (exact) mass is 874 g/mol. The zero-order chi connectivity index (χ0) is 45.3. The minimum atomic E-state index is -4.07. The van der Waals surface area contributed by atoms with Crippen molar-refractivity contribution in [1.82, 2.24) is 19.1 Å². The number of nitrogens with two attached hydrogens (primary N) is 1. The molecule has 1 saturated heterocycles. The molecule has 12 nitrogen and oxygen atoms in total. The summed E-state index contributed by atoms with van der Waals surface area (Å²) < 4.78 is 43.9. The summed E-state index contributed by atoms with van der Waals surface area (Å²) >= 11 is 0. The van der Waals surface area contributed by atoms with Gasteiger partial charge in [0.15, 0.2) is 0 Å². The number of benzene rings is 4. The fraction of sp³-hybridized carbons (Fsp3) is 0.420. The van der Waals surface area contributed by atoms with E-state index in [0.717, 1.165) is 50.9 Å². The minimum Gasteiger partial charge on any atom is -0.487 e. The Kier molecular flexibility index (Phi) is 13.1. The van der Waals surface area contributed by atoms with Crippen LogP contribution in [0.1, 0.15) is 92.8 Å². The summed E-state index contributed by atoms with van der Waals surface area (Å²) in [6.45, 7) is 16.8. The Bertz CT molecular complexity index is 2620. The molecule has 63 heavy (non-hydrogen) atoms. The lowest BCUT2D eigenvalue weighted by molar-refractivity contribution is -0.147. The van der Waals surface area contributed by atoms with Crippen LogP contribution < -0.4 is 15.2 Å².